The second kappa shape index (κ2) is 8.45. The first-order valence-electron chi connectivity index (χ1n) is 8.92. The molecule has 2 amide bonds. The highest BCUT2D eigenvalue weighted by atomic mass is 35.5. The number of carbonyl (C=O) groups is 2. The Balaban J connectivity index is 1.48. The number of para-hydroxylation sites is 1. The van der Waals surface area contributed by atoms with E-state index in [9.17, 15) is 9.59 Å². The summed E-state index contributed by atoms with van der Waals surface area (Å²) in [4.78, 5) is 27.7. The lowest BCUT2D eigenvalue weighted by molar-refractivity contribution is -0.123. The van der Waals surface area contributed by atoms with Crippen LogP contribution in [0, 0.1) is 6.92 Å². The molecule has 0 spiro atoms. The Labute approximate surface area is 182 Å². The van der Waals surface area contributed by atoms with Crippen LogP contribution < -0.4 is 5.32 Å². The number of amides is 2. The summed E-state index contributed by atoms with van der Waals surface area (Å²) in [6, 6.07) is 19.2. The molecule has 1 aliphatic rings. The van der Waals surface area contributed by atoms with Gasteiger partial charge in [0.1, 0.15) is 0 Å². The van der Waals surface area contributed by atoms with E-state index in [0.717, 1.165) is 38.5 Å². The minimum absolute atomic E-state index is 0.243. The van der Waals surface area contributed by atoms with E-state index in [-0.39, 0.29) is 17.7 Å². The van der Waals surface area contributed by atoms with Crippen molar-refractivity contribution in [1.29, 1.82) is 0 Å². The van der Waals surface area contributed by atoms with Crippen LogP contribution in [-0.4, -0.2) is 16.0 Å². The predicted octanol–water partition coefficient (Wildman–Crippen LogP) is 6.69. The zero-order valence-corrected chi connectivity index (χ0v) is 17.9. The monoisotopic (exact) mass is 440 g/mol. The number of benzene rings is 2. The Morgan fingerprint density at radius 3 is 2.55 bits per heavy atom. The summed E-state index contributed by atoms with van der Waals surface area (Å²) in [6.45, 7) is 2.29. The van der Waals surface area contributed by atoms with Gasteiger partial charge in [-0.05, 0) is 54.6 Å². The van der Waals surface area contributed by atoms with Crippen molar-refractivity contribution in [1.82, 2.24) is 4.90 Å². The van der Waals surface area contributed by atoms with Crippen molar-refractivity contribution < 1.29 is 9.59 Å². The van der Waals surface area contributed by atoms with Crippen molar-refractivity contribution in [2.75, 3.05) is 5.32 Å². The van der Waals surface area contributed by atoms with Gasteiger partial charge in [-0.2, -0.15) is 0 Å². The number of aryl methyl sites for hydroxylation is 1. The Morgan fingerprint density at radius 1 is 1.03 bits per heavy atom. The van der Waals surface area contributed by atoms with Gasteiger partial charge in [0, 0.05) is 4.88 Å². The zero-order valence-electron chi connectivity index (χ0n) is 15.5. The lowest BCUT2D eigenvalue weighted by Gasteiger charge is -2.12. The fourth-order valence-corrected chi connectivity index (χ4v) is 4.79. The number of nitrogens with one attached hydrogen (secondary N) is 1. The predicted molar refractivity (Wildman–Crippen MR) is 122 cm³/mol. The lowest BCUT2D eigenvalue weighted by Crippen LogP contribution is -2.27. The summed E-state index contributed by atoms with van der Waals surface area (Å²) in [5, 5.41) is 4.57. The van der Waals surface area contributed by atoms with Crippen LogP contribution in [0.5, 0.6) is 0 Å². The highest BCUT2D eigenvalue weighted by Gasteiger charge is 2.35. The Kier molecular flexibility index (Phi) is 5.76. The molecular formula is C22H17ClN2O2S2. The first-order chi connectivity index (χ1) is 14.0. The summed E-state index contributed by atoms with van der Waals surface area (Å²) in [5.74, 6) is -0.255. The van der Waals surface area contributed by atoms with E-state index in [4.69, 9.17) is 11.6 Å². The van der Waals surface area contributed by atoms with Crippen molar-refractivity contribution >= 4 is 62.6 Å². The SMILES string of the molecule is Cc1ccc(CN2C(=O)S/C(=C\c3ccc(Nc4ccccc4Cl)s3)C2=O)cc1. The maximum atomic E-state index is 12.7. The first-order valence-corrected chi connectivity index (χ1v) is 10.9. The fourth-order valence-electron chi connectivity index (χ4n) is 2.83. The maximum absolute atomic E-state index is 12.7. The third-order valence-corrected chi connectivity index (χ3v) is 6.55. The van der Waals surface area contributed by atoms with Crippen molar-refractivity contribution in [2.45, 2.75) is 13.5 Å². The summed E-state index contributed by atoms with van der Waals surface area (Å²) < 4.78 is 0. The van der Waals surface area contributed by atoms with E-state index in [1.54, 1.807) is 6.08 Å². The second-order valence-corrected chi connectivity index (χ2v) is 9.08. The van der Waals surface area contributed by atoms with Gasteiger partial charge < -0.3 is 5.32 Å². The fraction of sp³-hybridized carbons (Fsp3) is 0.0909. The van der Waals surface area contributed by atoms with Crippen LogP contribution >= 0.6 is 34.7 Å². The van der Waals surface area contributed by atoms with Gasteiger partial charge in [0.2, 0.25) is 0 Å². The van der Waals surface area contributed by atoms with Crippen molar-refractivity contribution in [3.63, 3.8) is 0 Å². The van der Waals surface area contributed by atoms with E-state index in [0.29, 0.717) is 9.93 Å². The topological polar surface area (TPSA) is 49.4 Å². The van der Waals surface area contributed by atoms with Gasteiger partial charge in [0.05, 0.1) is 27.2 Å². The van der Waals surface area contributed by atoms with Crippen molar-refractivity contribution in [2.24, 2.45) is 0 Å². The van der Waals surface area contributed by atoms with Crippen LogP contribution in [0.15, 0.2) is 65.6 Å². The molecule has 0 saturated carbocycles. The molecule has 4 nitrogen and oxygen atoms in total. The quantitative estimate of drug-likeness (QED) is 0.449. The average molecular weight is 441 g/mol. The Morgan fingerprint density at radius 2 is 1.79 bits per heavy atom. The molecule has 1 aliphatic heterocycles. The summed E-state index contributed by atoms with van der Waals surface area (Å²) >= 11 is 8.65. The Bertz CT molecular complexity index is 1110. The van der Waals surface area contributed by atoms with E-state index in [1.165, 1.54) is 16.2 Å². The number of rotatable bonds is 5. The smallest absolute Gasteiger partial charge is 0.293 e. The molecular weight excluding hydrogens is 424 g/mol. The molecule has 0 unspecified atom stereocenters. The average Bonchev–Trinajstić information content (AvgIpc) is 3.25. The molecule has 0 atom stereocenters. The van der Waals surface area contributed by atoms with Gasteiger partial charge in [-0.25, -0.2) is 0 Å². The van der Waals surface area contributed by atoms with Crippen LogP contribution in [-0.2, 0) is 11.3 Å². The van der Waals surface area contributed by atoms with E-state index < -0.39 is 0 Å². The second-order valence-electron chi connectivity index (χ2n) is 6.56. The number of anilines is 2. The van der Waals surface area contributed by atoms with Gasteiger partial charge in [-0.3, -0.25) is 14.5 Å². The largest absolute Gasteiger partial charge is 0.346 e. The summed E-state index contributed by atoms with van der Waals surface area (Å²) in [6.07, 6.45) is 1.77. The maximum Gasteiger partial charge on any atom is 0.293 e. The molecule has 3 aromatic rings. The number of nitrogens with zero attached hydrogens (tertiary/aromatic N) is 1. The zero-order chi connectivity index (χ0) is 20.4. The van der Waals surface area contributed by atoms with Crippen molar-refractivity contribution in [3.05, 3.63) is 86.6 Å². The van der Waals surface area contributed by atoms with Crippen LogP contribution in [0.3, 0.4) is 0 Å². The summed E-state index contributed by atoms with van der Waals surface area (Å²) in [7, 11) is 0. The molecule has 1 N–H and O–H groups in total. The molecule has 1 aromatic heterocycles. The van der Waals surface area contributed by atoms with Crippen LogP contribution in [0.4, 0.5) is 15.5 Å². The normalized spacial score (nSPS) is 15.4. The molecule has 2 aromatic carbocycles. The number of halogens is 1. The molecule has 0 radical (unpaired) electrons. The molecule has 7 heteroatoms. The minimum atomic E-state index is -0.255. The van der Waals surface area contributed by atoms with Crippen LogP contribution in [0.2, 0.25) is 5.02 Å². The molecule has 1 saturated heterocycles. The standard InChI is InChI=1S/C22H17ClN2O2S2/c1-14-6-8-15(9-7-14)13-25-21(26)19(29-22(25)27)12-16-10-11-20(28-16)24-18-5-3-2-4-17(18)23/h2-12,24H,13H2,1H3/b19-12-. The number of carbonyl (C=O) groups excluding carboxylic acids is 2. The third-order valence-electron chi connectivity index (χ3n) is 4.37. The Hall–Kier alpha value is -2.54. The summed E-state index contributed by atoms with van der Waals surface area (Å²) in [5.41, 5.74) is 2.89. The first kappa shape index (κ1) is 19.8. The molecule has 2 heterocycles. The van der Waals surface area contributed by atoms with Gasteiger partial charge in [0.25, 0.3) is 11.1 Å². The van der Waals surface area contributed by atoms with Crippen LogP contribution in [0.25, 0.3) is 6.08 Å². The molecule has 1 fully saturated rings. The highest BCUT2D eigenvalue weighted by Crippen LogP contribution is 2.36. The number of hydrogen-bond acceptors (Lipinski definition) is 5. The van der Waals surface area contributed by atoms with E-state index in [2.05, 4.69) is 5.32 Å². The number of imide groups is 1. The number of thioether (sulfide) groups is 1. The van der Waals surface area contributed by atoms with Crippen molar-refractivity contribution in [3.8, 4) is 0 Å². The van der Waals surface area contributed by atoms with Crippen LogP contribution in [0.1, 0.15) is 16.0 Å². The molecule has 0 bridgehead atoms. The van der Waals surface area contributed by atoms with Gasteiger partial charge in [-0.1, -0.05) is 53.6 Å². The molecule has 0 aliphatic carbocycles. The van der Waals surface area contributed by atoms with E-state index in [1.807, 2.05) is 67.6 Å². The van der Waals surface area contributed by atoms with E-state index >= 15 is 0 Å². The third kappa shape index (κ3) is 4.56. The molecule has 4 rings (SSSR count). The lowest BCUT2D eigenvalue weighted by atomic mass is 10.1. The number of thiophene rings is 1. The molecule has 29 heavy (non-hydrogen) atoms. The minimum Gasteiger partial charge on any atom is -0.346 e. The van der Waals surface area contributed by atoms with Gasteiger partial charge >= 0.3 is 0 Å². The molecule has 146 valence electrons. The van der Waals surface area contributed by atoms with Gasteiger partial charge in [0.15, 0.2) is 0 Å². The number of hydrogen-bond donors (Lipinski definition) is 1. The highest BCUT2D eigenvalue weighted by molar-refractivity contribution is 8.18. The van der Waals surface area contributed by atoms with Gasteiger partial charge in [-0.15, -0.1) is 11.3 Å².